The van der Waals surface area contributed by atoms with E-state index in [4.69, 9.17) is 22.1 Å². The molecular weight excluding hydrogens is 287 g/mol. The number of benzene rings is 2. The van der Waals surface area contributed by atoms with Gasteiger partial charge in [0, 0.05) is 18.2 Å². The fourth-order valence-electron chi connectivity index (χ4n) is 1.66. The summed E-state index contributed by atoms with van der Waals surface area (Å²) in [7, 11) is 0. The van der Waals surface area contributed by atoms with Gasteiger partial charge in [0.1, 0.15) is 11.6 Å². The van der Waals surface area contributed by atoms with Crippen molar-refractivity contribution in [3.63, 3.8) is 0 Å². The first-order chi connectivity index (χ1) is 9.52. The number of rotatable bonds is 4. The van der Waals surface area contributed by atoms with E-state index in [2.05, 4.69) is 0 Å². The molecule has 2 N–H and O–H groups in total. The number of ether oxygens (including phenoxy) is 1. The molecule has 0 bridgehead atoms. The highest BCUT2D eigenvalue weighted by atomic mass is 35.5. The van der Waals surface area contributed by atoms with Gasteiger partial charge in [0.25, 0.3) is 0 Å². The van der Waals surface area contributed by atoms with Crippen LogP contribution in [0.3, 0.4) is 0 Å². The molecule has 0 heterocycles. The van der Waals surface area contributed by atoms with E-state index in [1.807, 2.05) is 0 Å². The maximum absolute atomic E-state index is 13.1. The fourth-order valence-corrected chi connectivity index (χ4v) is 1.87. The number of nitrogens with two attached hydrogens (primary N) is 1. The Morgan fingerprint density at radius 2 is 2.10 bits per heavy atom. The number of nitrogens with zero attached hydrogens (tertiary/aromatic N) is 1. The maximum Gasteiger partial charge on any atom is 0.313 e. The lowest BCUT2D eigenvalue weighted by Crippen LogP contribution is -2.01. The van der Waals surface area contributed by atoms with Crippen LogP contribution in [-0.4, -0.2) is 4.92 Å². The zero-order valence-corrected chi connectivity index (χ0v) is 10.9. The van der Waals surface area contributed by atoms with Crippen molar-refractivity contribution in [2.24, 2.45) is 5.73 Å². The molecule has 0 saturated heterocycles. The summed E-state index contributed by atoms with van der Waals surface area (Å²) in [6.45, 7) is 0.0331. The van der Waals surface area contributed by atoms with Crippen molar-refractivity contribution in [1.82, 2.24) is 0 Å². The Morgan fingerprint density at radius 1 is 1.35 bits per heavy atom. The Kier molecular flexibility index (Phi) is 4.16. The molecule has 0 saturated carbocycles. The Bertz CT molecular complexity index is 664. The van der Waals surface area contributed by atoms with Crippen molar-refractivity contribution in [3.8, 4) is 11.5 Å². The zero-order chi connectivity index (χ0) is 14.7. The molecule has 20 heavy (non-hydrogen) atoms. The van der Waals surface area contributed by atoms with Gasteiger partial charge >= 0.3 is 5.69 Å². The second-order valence-electron chi connectivity index (χ2n) is 3.90. The van der Waals surface area contributed by atoms with Crippen molar-refractivity contribution < 1.29 is 14.1 Å². The number of nitro benzene ring substituents is 1. The summed E-state index contributed by atoms with van der Waals surface area (Å²) >= 11 is 5.92. The molecule has 2 aromatic carbocycles. The monoisotopic (exact) mass is 296 g/mol. The summed E-state index contributed by atoms with van der Waals surface area (Å²) in [5.74, 6) is -0.336. The molecule has 2 aromatic rings. The summed E-state index contributed by atoms with van der Waals surface area (Å²) < 4.78 is 18.6. The lowest BCUT2D eigenvalue weighted by Gasteiger charge is -2.11. The number of para-hydroxylation sites is 1. The smallest absolute Gasteiger partial charge is 0.313 e. The van der Waals surface area contributed by atoms with Crippen molar-refractivity contribution >= 4 is 17.3 Å². The predicted octanol–water partition coefficient (Wildman–Crippen LogP) is 3.64. The van der Waals surface area contributed by atoms with Gasteiger partial charge in [-0.3, -0.25) is 10.1 Å². The molecule has 5 nitrogen and oxygen atoms in total. The molecule has 0 atom stereocenters. The Morgan fingerprint density at radius 3 is 2.75 bits per heavy atom. The molecule has 0 spiro atoms. The fraction of sp³-hybridized carbons (Fsp3) is 0.0769. The second-order valence-corrected chi connectivity index (χ2v) is 4.31. The molecule has 0 amide bonds. The molecule has 7 heteroatoms. The van der Waals surface area contributed by atoms with E-state index in [-0.39, 0.29) is 28.8 Å². The minimum absolute atomic E-state index is 0.0331. The van der Waals surface area contributed by atoms with Crippen LogP contribution in [0.4, 0.5) is 10.1 Å². The summed E-state index contributed by atoms with van der Waals surface area (Å²) in [6.07, 6.45) is 0. The number of nitro groups is 1. The predicted molar refractivity (Wildman–Crippen MR) is 72.5 cm³/mol. The van der Waals surface area contributed by atoms with Crippen LogP contribution < -0.4 is 10.5 Å². The molecule has 0 aliphatic carbocycles. The van der Waals surface area contributed by atoms with Gasteiger partial charge in [-0.25, -0.2) is 4.39 Å². The van der Waals surface area contributed by atoms with Gasteiger partial charge in [0.15, 0.2) is 0 Å². The average Bonchev–Trinajstić information content (AvgIpc) is 2.42. The van der Waals surface area contributed by atoms with Crippen LogP contribution in [0.15, 0.2) is 36.4 Å². The first kappa shape index (κ1) is 14.2. The molecule has 0 aromatic heterocycles. The maximum atomic E-state index is 13.1. The third-order valence-corrected chi connectivity index (χ3v) is 2.89. The first-order valence-corrected chi connectivity index (χ1v) is 6.00. The van der Waals surface area contributed by atoms with Crippen LogP contribution in [0.2, 0.25) is 5.02 Å². The van der Waals surface area contributed by atoms with E-state index in [0.29, 0.717) is 5.56 Å². The normalized spacial score (nSPS) is 10.3. The van der Waals surface area contributed by atoms with Gasteiger partial charge in [-0.1, -0.05) is 17.7 Å². The zero-order valence-electron chi connectivity index (χ0n) is 10.2. The van der Waals surface area contributed by atoms with Gasteiger partial charge in [0.05, 0.1) is 9.95 Å². The number of hydrogen-bond donors (Lipinski definition) is 1. The van der Waals surface area contributed by atoms with Crippen molar-refractivity contribution in [1.29, 1.82) is 0 Å². The summed E-state index contributed by atoms with van der Waals surface area (Å²) in [5.41, 5.74) is 5.61. The second kappa shape index (κ2) is 5.85. The van der Waals surface area contributed by atoms with Crippen LogP contribution in [0.5, 0.6) is 11.5 Å². The van der Waals surface area contributed by atoms with E-state index in [1.165, 1.54) is 36.4 Å². The van der Waals surface area contributed by atoms with E-state index in [9.17, 15) is 14.5 Å². The highest BCUT2D eigenvalue weighted by Gasteiger charge is 2.20. The third-order valence-electron chi connectivity index (χ3n) is 2.60. The number of hydrogen-bond acceptors (Lipinski definition) is 4. The first-order valence-electron chi connectivity index (χ1n) is 5.62. The summed E-state index contributed by atoms with van der Waals surface area (Å²) in [5, 5.41) is 11.0. The minimum Gasteiger partial charge on any atom is -0.448 e. The molecule has 0 unspecified atom stereocenters. The summed E-state index contributed by atoms with van der Waals surface area (Å²) in [6, 6.07) is 7.92. The highest BCUT2D eigenvalue weighted by Crippen LogP contribution is 2.38. The van der Waals surface area contributed by atoms with Crippen LogP contribution in [0, 0.1) is 15.9 Å². The molecule has 0 aliphatic rings. The van der Waals surface area contributed by atoms with Gasteiger partial charge in [-0.15, -0.1) is 0 Å². The van der Waals surface area contributed by atoms with Crippen LogP contribution in [-0.2, 0) is 6.54 Å². The molecule has 104 valence electrons. The minimum atomic E-state index is -0.604. The lowest BCUT2D eigenvalue weighted by molar-refractivity contribution is -0.385. The van der Waals surface area contributed by atoms with Crippen LogP contribution in [0.1, 0.15) is 5.56 Å². The van der Waals surface area contributed by atoms with E-state index >= 15 is 0 Å². The van der Waals surface area contributed by atoms with E-state index < -0.39 is 10.7 Å². The molecule has 0 radical (unpaired) electrons. The Hall–Kier alpha value is -2.18. The van der Waals surface area contributed by atoms with Crippen molar-refractivity contribution in [2.75, 3.05) is 0 Å². The lowest BCUT2D eigenvalue weighted by atomic mass is 10.2. The third kappa shape index (κ3) is 2.87. The number of halogens is 2. The SMILES string of the molecule is NCc1cc(F)ccc1Oc1c(Cl)cccc1[N+](=O)[O-]. The molecular formula is C13H10ClFN2O3. The Labute approximate surface area is 118 Å². The average molecular weight is 297 g/mol. The molecule has 0 fully saturated rings. The van der Waals surface area contributed by atoms with Crippen LogP contribution >= 0.6 is 11.6 Å². The largest absolute Gasteiger partial charge is 0.448 e. The summed E-state index contributed by atoms with van der Waals surface area (Å²) in [4.78, 5) is 10.4. The van der Waals surface area contributed by atoms with E-state index in [1.54, 1.807) is 0 Å². The van der Waals surface area contributed by atoms with E-state index in [0.717, 1.165) is 0 Å². The highest BCUT2D eigenvalue weighted by molar-refractivity contribution is 6.32. The van der Waals surface area contributed by atoms with Gasteiger partial charge in [-0.05, 0) is 24.3 Å². The van der Waals surface area contributed by atoms with Crippen LogP contribution in [0.25, 0.3) is 0 Å². The van der Waals surface area contributed by atoms with Gasteiger partial charge < -0.3 is 10.5 Å². The standard InChI is InChI=1S/C13H10ClFN2O3/c14-10-2-1-3-11(17(18)19)13(10)20-12-5-4-9(15)6-8(12)7-16/h1-6H,7,16H2. The quantitative estimate of drug-likeness (QED) is 0.690. The molecule has 0 aliphatic heterocycles. The molecule has 2 rings (SSSR count). The van der Waals surface area contributed by atoms with Crippen molar-refractivity contribution in [2.45, 2.75) is 6.54 Å². The topological polar surface area (TPSA) is 78.4 Å². The van der Waals surface area contributed by atoms with Gasteiger partial charge in [0.2, 0.25) is 5.75 Å². The van der Waals surface area contributed by atoms with Gasteiger partial charge in [-0.2, -0.15) is 0 Å². The Balaban J connectivity index is 2.47. The van der Waals surface area contributed by atoms with Crippen molar-refractivity contribution in [3.05, 3.63) is 62.9 Å².